The van der Waals surface area contributed by atoms with Gasteiger partial charge in [-0.05, 0) is 31.2 Å². The molecular formula is C12H12Cl2N2O2S2. The van der Waals surface area contributed by atoms with Gasteiger partial charge in [-0.1, -0.05) is 29.3 Å². The molecule has 0 bridgehead atoms. The third kappa shape index (κ3) is 3.27. The lowest BCUT2D eigenvalue weighted by Gasteiger charge is -2.15. The van der Waals surface area contributed by atoms with Crippen molar-refractivity contribution in [3.63, 3.8) is 0 Å². The molecule has 3 N–H and O–H groups in total. The fraction of sp³-hybridized carbons (Fsp3) is 0.167. The first-order valence-corrected chi connectivity index (χ1v) is 8.68. The highest BCUT2D eigenvalue weighted by Gasteiger charge is 2.24. The average Bonchev–Trinajstić information content (AvgIpc) is 2.74. The SMILES string of the molecule is CC(NS(=O)(=O)c1c(N)cccc1Cl)c1ccc(Cl)s1. The lowest BCUT2D eigenvalue weighted by atomic mass is 10.3. The average molecular weight is 351 g/mol. The van der Waals surface area contributed by atoms with E-state index in [9.17, 15) is 8.42 Å². The van der Waals surface area contributed by atoms with Gasteiger partial charge < -0.3 is 5.73 Å². The van der Waals surface area contributed by atoms with Crippen LogP contribution < -0.4 is 10.5 Å². The van der Waals surface area contributed by atoms with Crippen LogP contribution in [0.5, 0.6) is 0 Å². The molecule has 0 spiro atoms. The first-order valence-electron chi connectivity index (χ1n) is 5.63. The summed E-state index contributed by atoms with van der Waals surface area (Å²) in [4.78, 5) is 0.709. The second kappa shape index (κ2) is 5.91. The van der Waals surface area contributed by atoms with Crippen LogP contribution in [-0.4, -0.2) is 8.42 Å². The zero-order valence-corrected chi connectivity index (χ0v) is 13.6. The monoisotopic (exact) mass is 350 g/mol. The Bertz CT molecular complexity index is 709. The summed E-state index contributed by atoms with van der Waals surface area (Å²) < 4.78 is 27.9. The van der Waals surface area contributed by atoms with Gasteiger partial charge in [0, 0.05) is 4.88 Å². The Morgan fingerprint density at radius 2 is 1.95 bits per heavy atom. The second-order valence-electron chi connectivity index (χ2n) is 4.14. The molecule has 108 valence electrons. The highest BCUT2D eigenvalue weighted by molar-refractivity contribution is 7.89. The molecule has 1 aromatic heterocycles. The van der Waals surface area contributed by atoms with Crippen molar-refractivity contribution in [2.24, 2.45) is 0 Å². The van der Waals surface area contributed by atoms with Crippen molar-refractivity contribution < 1.29 is 8.42 Å². The largest absolute Gasteiger partial charge is 0.398 e. The summed E-state index contributed by atoms with van der Waals surface area (Å²) in [7, 11) is -3.80. The number of nitrogen functional groups attached to an aromatic ring is 1. The fourth-order valence-electron chi connectivity index (χ4n) is 1.72. The van der Waals surface area contributed by atoms with Crippen LogP contribution in [0.25, 0.3) is 0 Å². The number of thiophene rings is 1. The van der Waals surface area contributed by atoms with E-state index in [1.807, 2.05) is 0 Å². The van der Waals surface area contributed by atoms with E-state index >= 15 is 0 Å². The van der Waals surface area contributed by atoms with Crippen molar-refractivity contribution in [1.29, 1.82) is 0 Å². The number of benzene rings is 1. The third-order valence-corrected chi connectivity index (χ3v) is 6.12. The summed E-state index contributed by atoms with van der Waals surface area (Å²) in [5, 5.41) is 0.0916. The Labute approximate surface area is 131 Å². The quantitative estimate of drug-likeness (QED) is 0.826. The summed E-state index contributed by atoms with van der Waals surface area (Å²) in [6.45, 7) is 1.73. The van der Waals surface area contributed by atoms with E-state index in [2.05, 4.69) is 4.72 Å². The molecule has 1 aromatic carbocycles. The molecule has 0 saturated heterocycles. The van der Waals surface area contributed by atoms with Crippen LogP contribution >= 0.6 is 34.5 Å². The van der Waals surface area contributed by atoms with E-state index in [4.69, 9.17) is 28.9 Å². The highest BCUT2D eigenvalue weighted by atomic mass is 35.5. The van der Waals surface area contributed by atoms with E-state index in [0.29, 0.717) is 4.34 Å². The number of sulfonamides is 1. The van der Waals surface area contributed by atoms with Gasteiger partial charge in [-0.3, -0.25) is 0 Å². The number of halogens is 2. The lowest BCUT2D eigenvalue weighted by Crippen LogP contribution is -2.27. The number of hydrogen-bond donors (Lipinski definition) is 2. The van der Waals surface area contributed by atoms with E-state index in [1.165, 1.54) is 23.5 Å². The summed E-state index contributed by atoms with van der Waals surface area (Å²) in [6, 6.07) is 7.64. The van der Waals surface area contributed by atoms with E-state index in [0.717, 1.165) is 4.88 Å². The molecule has 20 heavy (non-hydrogen) atoms. The molecular weight excluding hydrogens is 339 g/mol. The Balaban J connectivity index is 2.32. The zero-order chi connectivity index (χ0) is 14.9. The fourth-order valence-corrected chi connectivity index (χ4v) is 4.76. The van der Waals surface area contributed by atoms with Crippen LogP contribution in [0.2, 0.25) is 9.36 Å². The molecule has 0 aliphatic carbocycles. The van der Waals surface area contributed by atoms with Crippen LogP contribution in [0.3, 0.4) is 0 Å². The van der Waals surface area contributed by atoms with Crippen molar-refractivity contribution in [2.75, 3.05) is 5.73 Å². The molecule has 1 atom stereocenters. The summed E-state index contributed by atoms with van der Waals surface area (Å²) in [6.07, 6.45) is 0. The molecule has 0 radical (unpaired) electrons. The number of rotatable bonds is 4. The Morgan fingerprint density at radius 3 is 2.50 bits per heavy atom. The number of nitrogens with two attached hydrogens (primary N) is 1. The molecule has 0 fully saturated rings. The number of hydrogen-bond acceptors (Lipinski definition) is 4. The lowest BCUT2D eigenvalue weighted by molar-refractivity contribution is 0.569. The second-order valence-corrected chi connectivity index (χ2v) is 7.95. The van der Waals surface area contributed by atoms with E-state index in [1.54, 1.807) is 25.1 Å². The van der Waals surface area contributed by atoms with Gasteiger partial charge in [0.05, 0.1) is 21.1 Å². The summed E-state index contributed by atoms with van der Waals surface area (Å²) in [5.41, 5.74) is 5.82. The first-order chi connectivity index (χ1) is 9.31. The Morgan fingerprint density at radius 1 is 1.25 bits per heavy atom. The first kappa shape index (κ1) is 15.6. The van der Waals surface area contributed by atoms with Crippen molar-refractivity contribution in [2.45, 2.75) is 17.9 Å². The predicted molar refractivity (Wildman–Crippen MR) is 83.9 cm³/mol. The van der Waals surface area contributed by atoms with Crippen LogP contribution in [0.15, 0.2) is 35.2 Å². The minimum atomic E-state index is -3.80. The predicted octanol–water partition coefficient (Wildman–Crippen LogP) is 3.68. The molecule has 0 amide bonds. The molecule has 8 heteroatoms. The molecule has 0 saturated carbocycles. The number of anilines is 1. The minimum absolute atomic E-state index is 0.0916. The Kier molecular flexibility index (Phi) is 4.61. The van der Waals surface area contributed by atoms with Gasteiger partial charge in [0.1, 0.15) is 4.90 Å². The van der Waals surface area contributed by atoms with Crippen LogP contribution in [0.1, 0.15) is 17.8 Å². The summed E-state index contributed by atoms with van der Waals surface area (Å²) in [5.74, 6) is 0. The molecule has 2 aromatic rings. The molecule has 0 aliphatic heterocycles. The standard InChI is InChI=1S/C12H12Cl2N2O2S2/c1-7(10-5-6-11(14)19-10)16-20(17,18)12-8(13)3-2-4-9(12)15/h2-7,16H,15H2,1H3. The maximum atomic E-state index is 12.4. The smallest absolute Gasteiger partial charge is 0.244 e. The van der Waals surface area contributed by atoms with Gasteiger partial charge in [0.25, 0.3) is 0 Å². The maximum absolute atomic E-state index is 12.4. The van der Waals surface area contributed by atoms with Crippen molar-refractivity contribution in [1.82, 2.24) is 4.72 Å². The van der Waals surface area contributed by atoms with E-state index < -0.39 is 16.1 Å². The molecule has 0 aliphatic rings. The van der Waals surface area contributed by atoms with Gasteiger partial charge in [-0.25, -0.2) is 13.1 Å². The third-order valence-electron chi connectivity index (χ3n) is 2.62. The highest BCUT2D eigenvalue weighted by Crippen LogP contribution is 2.31. The normalized spacial score (nSPS) is 13.3. The van der Waals surface area contributed by atoms with Crippen LogP contribution in [0.4, 0.5) is 5.69 Å². The van der Waals surface area contributed by atoms with Gasteiger partial charge >= 0.3 is 0 Å². The topological polar surface area (TPSA) is 72.2 Å². The maximum Gasteiger partial charge on any atom is 0.244 e. The Hall–Kier alpha value is -0.790. The van der Waals surface area contributed by atoms with Crippen LogP contribution in [-0.2, 0) is 10.0 Å². The van der Waals surface area contributed by atoms with Crippen LogP contribution in [0, 0.1) is 0 Å². The van der Waals surface area contributed by atoms with Gasteiger partial charge in [-0.2, -0.15) is 0 Å². The number of nitrogens with one attached hydrogen (secondary N) is 1. The van der Waals surface area contributed by atoms with Gasteiger partial charge in [-0.15, -0.1) is 11.3 Å². The van der Waals surface area contributed by atoms with E-state index in [-0.39, 0.29) is 15.6 Å². The van der Waals surface area contributed by atoms with Gasteiger partial charge in [0.2, 0.25) is 10.0 Å². The molecule has 1 heterocycles. The molecule has 2 rings (SSSR count). The molecule has 4 nitrogen and oxygen atoms in total. The van der Waals surface area contributed by atoms with Crippen molar-refractivity contribution in [3.05, 3.63) is 44.6 Å². The van der Waals surface area contributed by atoms with Crippen molar-refractivity contribution >= 4 is 50.2 Å². The minimum Gasteiger partial charge on any atom is -0.398 e. The summed E-state index contributed by atoms with van der Waals surface area (Å²) >= 11 is 13.1. The molecule has 1 unspecified atom stereocenters. The van der Waals surface area contributed by atoms with Gasteiger partial charge in [0.15, 0.2) is 0 Å². The van der Waals surface area contributed by atoms with Crippen molar-refractivity contribution in [3.8, 4) is 0 Å². The zero-order valence-electron chi connectivity index (χ0n) is 10.4.